The predicted octanol–water partition coefficient (Wildman–Crippen LogP) is 2.73. The van der Waals surface area contributed by atoms with Crippen LogP contribution in [0, 0.1) is 0 Å². The van der Waals surface area contributed by atoms with Gasteiger partial charge in [0.05, 0.1) is 36.1 Å². The number of nitrogens with zero attached hydrogens (tertiary/aromatic N) is 4. The minimum absolute atomic E-state index is 0.104. The number of aliphatic hydroxyl groups excluding tert-OH is 1. The van der Waals surface area contributed by atoms with Crippen molar-refractivity contribution in [1.82, 2.24) is 19.7 Å². The van der Waals surface area contributed by atoms with Crippen molar-refractivity contribution in [2.24, 2.45) is 0 Å². The second-order valence-corrected chi connectivity index (χ2v) is 6.40. The predicted molar refractivity (Wildman–Crippen MR) is 94.3 cm³/mol. The summed E-state index contributed by atoms with van der Waals surface area (Å²) in [4.78, 5) is 19.2. The maximum absolute atomic E-state index is 13.0. The number of aromatic nitrogens is 3. The molecule has 3 rings (SSSR count). The van der Waals surface area contributed by atoms with Gasteiger partial charge in [0.2, 0.25) is 0 Å². The highest BCUT2D eigenvalue weighted by atomic mass is 16.3. The number of hydrogen-bond donors (Lipinski definition) is 1. The lowest BCUT2D eigenvalue weighted by Gasteiger charge is -2.23. The number of pyridine rings is 1. The van der Waals surface area contributed by atoms with Crippen LogP contribution in [-0.4, -0.2) is 50.4 Å². The van der Waals surface area contributed by atoms with Crippen LogP contribution >= 0.6 is 0 Å². The van der Waals surface area contributed by atoms with Gasteiger partial charge in [0, 0.05) is 13.1 Å². The van der Waals surface area contributed by atoms with Gasteiger partial charge in [-0.3, -0.25) is 4.79 Å². The Morgan fingerprint density at radius 2 is 2.16 bits per heavy atom. The highest BCUT2D eigenvalue weighted by Crippen LogP contribution is 2.27. The first kappa shape index (κ1) is 17.2. The van der Waals surface area contributed by atoms with E-state index in [0.29, 0.717) is 28.1 Å². The van der Waals surface area contributed by atoms with Gasteiger partial charge in [-0.2, -0.15) is 5.10 Å². The Labute approximate surface area is 145 Å². The van der Waals surface area contributed by atoms with Crippen molar-refractivity contribution in [3.8, 4) is 11.5 Å². The van der Waals surface area contributed by atoms with E-state index in [9.17, 15) is 9.90 Å². The van der Waals surface area contributed by atoms with Crippen LogP contribution in [0.1, 0.15) is 37.2 Å². The number of furan rings is 1. The quantitative estimate of drug-likeness (QED) is 0.771. The summed E-state index contributed by atoms with van der Waals surface area (Å²) in [7, 11) is 1.68. The fraction of sp³-hybridized carbons (Fsp3) is 0.389. The molecule has 0 fully saturated rings. The molecule has 1 amide bonds. The summed E-state index contributed by atoms with van der Waals surface area (Å²) in [5.74, 6) is 0.398. The Kier molecular flexibility index (Phi) is 4.59. The third-order valence-corrected chi connectivity index (χ3v) is 4.31. The van der Waals surface area contributed by atoms with E-state index in [1.165, 1.54) is 4.90 Å². The number of rotatable bonds is 5. The number of hydrogen-bond acceptors (Lipinski definition) is 5. The van der Waals surface area contributed by atoms with Crippen LogP contribution in [0.25, 0.3) is 22.5 Å². The monoisotopic (exact) mass is 342 g/mol. The molecule has 0 aliphatic heterocycles. The average Bonchev–Trinajstić information content (AvgIpc) is 3.27. The lowest BCUT2D eigenvalue weighted by molar-refractivity contribution is 0.0684. The molecule has 1 atom stereocenters. The Balaban J connectivity index is 2.21. The minimum atomic E-state index is -0.289. The molecule has 0 aliphatic carbocycles. The van der Waals surface area contributed by atoms with E-state index in [1.807, 2.05) is 13.8 Å². The third kappa shape index (κ3) is 3.02. The molecule has 7 heteroatoms. The molecule has 0 aliphatic rings. The van der Waals surface area contributed by atoms with Gasteiger partial charge in [-0.05, 0) is 39.0 Å². The van der Waals surface area contributed by atoms with E-state index >= 15 is 0 Å². The number of likely N-dealkylation sites (N-methyl/N-ethyl adjacent to an activating group) is 1. The lowest BCUT2D eigenvalue weighted by Crippen LogP contribution is -2.37. The summed E-state index contributed by atoms with van der Waals surface area (Å²) < 4.78 is 7.24. The van der Waals surface area contributed by atoms with Crippen molar-refractivity contribution in [3.05, 3.63) is 36.2 Å². The molecule has 7 nitrogen and oxygen atoms in total. The number of amides is 1. The zero-order chi connectivity index (χ0) is 18.1. The fourth-order valence-electron chi connectivity index (χ4n) is 2.64. The smallest absolute Gasteiger partial charge is 0.254 e. The van der Waals surface area contributed by atoms with Crippen molar-refractivity contribution < 1.29 is 14.3 Å². The maximum atomic E-state index is 13.0. The van der Waals surface area contributed by atoms with Crippen molar-refractivity contribution in [2.75, 3.05) is 13.7 Å². The van der Waals surface area contributed by atoms with E-state index in [0.717, 1.165) is 0 Å². The van der Waals surface area contributed by atoms with Crippen LogP contribution in [0.2, 0.25) is 0 Å². The third-order valence-electron chi connectivity index (χ3n) is 4.31. The van der Waals surface area contributed by atoms with Gasteiger partial charge in [-0.1, -0.05) is 0 Å². The SMILES string of the molecule is CC(CO)N(C)C(=O)c1cc(-c2ccco2)nc2c1cnn2C(C)C. The Morgan fingerprint density at radius 1 is 1.40 bits per heavy atom. The zero-order valence-corrected chi connectivity index (χ0v) is 14.8. The van der Waals surface area contributed by atoms with Gasteiger partial charge in [-0.25, -0.2) is 9.67 Å². The number of fused-ring (bicyclic) bond motifs is 1. The Morgan fingerprint density at radius 3 is 2.76 bits per heavy atom. The van der Waals surface area contributed by atoms with E-state index < -0.39 is 0 Å². The largest absolute Gasteiger partial charge is 0.463 e. The van der Waals surface area contributed by atoms with Gasteiger partial charge >= 0.3 is 0 Å². The molecule has 1 N–H and O–H groups in total. The van der Waals surface area contributed by atoms with Crippen LogP contribution < -0.4 is 0 Å². The van der Waals surface area contributed by atoms with E-state index in [4.69, 9.17) is 4.42 Å². The molecule has 3 heterocycles. The van der Waals surface area contributed by atoms with Crippen molar-refractivity contribution in [1.29, 1.82) is 0 Å². The van der Waals surface area contributed by atoms with Crippen LogP contribution in [0.4, 0.5) is 0 Å². The molecule has 0 spiro atoms. The van der Waals surface area contributed by atoms with Crippen LogP contribution in [0.5, 0.6) is 0 Å². The maximum Gasteiger partial charge on any atom is 0.254 e. The first-order valence-corrected chi connectivity index (χ1v) is 8.24. The summed E-state index contributed by atoms with van der Waals surface area (Å²) in [6.07, 6.45) is 3.24. The molecule has 1 unspecified atom stereocenters. The van der Waals surface area contributed by atoms with Gasteiger partial charge in [0.15, 0.2) is 11.4 Å². The molecule has 0 radical (unpaired) electrons. The topological polar surface area (TPSA) is 84.4 Å². The molecule has 0 bridgehead atoms. The first-order valence-electron chi connectivity index (χ1n) is 8.24. The van der Waals surface area contributed by atoms with Crippen LogP contribution in [-0.2, 0) is 0 Å². The minimum Gasteiger partial charge on any atom is -0.463 e. The summed E-state index contributed by atoms with van der Waals surface area (Å²) >= 11 is 0. The fourth-order valence-corrected chi connectivity index (χ4v) is 2.64. The van der Waals surface area contributed by atoms with Gasteiger partial charge < -0.3 is 14.4 Å². The van der Waals surface area contributed by atoms with Crippen molar-refractivity contribution >= 4 is 16.9 Å². The molecule has 132 valence electrons. The van der Waals surface area contributed by atoms with E-state index in [2.05, 4.69) is 10.1 Å². The number of carbonyl (C=O) groups is 1. The molecular formula is C18H22N4O3. The Bertz CT molecular complexity index is 883. The summed E-state index contributed by atoms with van der Waals surface area (Å²) in [6, 6.07) is 5.12. The highest BCUT2D eigenvalue weighted by molar-refractivity contribution is 6.06. The summed E-state index contributed by atoms with van der Waals surface area (Å²) in [6.45, 7) is 5.71. The van der Waals surface area contributed by atoms with Crippen molar-refractivity contribution in [2.45, 2.75) is 32.9 Å². The standard InChI is InChI=1S/C18H22N4O3/c1-11(2)22-17-14(9-19-22)13(18(24)21(4)12(3)10-23)8-15(20-17)16-6-5-7-25-16/h5-9,11-12,23H,10H2,1-4H3. The van der Waals surface area contributed by atoms with Crippen LogP contribution in [0.3, 0.4) is 0 Å². The molecule has 0 saturated heterocycles. The molecule has 3 aromatic heterocycles. The summed E-state index contributed by atoms with van der Waals surface area (Å²) in [5, 5.41) is 14.4. The van der Waals surface area contributed by atoms with Gasteiger partial charge in [0.1, 0.15) is 5.69 Å². The van der Waals surface area contributed by atoms with Crippen molar-refractivity contribution in [3.63, 3.8) is 0 Å². The molecular weight excluding hydrogens is 320 g/mol. The number of aliphatic hydroxyl groups is 1. The summed E-state index contributed by atoms with van der Waals surface area (Å²) in [5.41, 5.74) is 1.71. The van der Waals surface area contributed by atoms with E-state index in [1.54, 1.807) is 49.3 Å². The molecule has 0 saturated carbocycles. The normalized spacial score (nSPS) is 12.7. The zero-order valence-electron chi connectivity index (χ0n) is 14.8. The molecule has 25 heavy (non-hydrogen) atoms. The number of carbonyl (C=O) groups excluding carboxylic acids is 1. The molecule has 0 aromatic carbocycles. The first-order chi connectivity index (χ1) is 11.9. The van der Waals surface area contributed by atoms with E-state index in [-0.39, 0.29) is 24.6 Å². The van der Waals surface area contributed by atoms with Gasteiger partial charge in [-0.15, -0.1) is 0 Å². The van der Waals surface area contributed by atoms with Crippen LogP contribution in [0.15, 0.2) is 35.1 Å². The second kappa shape index (κ2) is 6.68. The highest BCUT2D eigenvalue weighted by Gasteiger charge is 2.23. The Hall–Kier alpha value is -2.67. The second-order valence-electron chi connectivity index (χ2n) is 6.40. The van der Waals surface area contributed by atoms with Gasteiger partial charge in [0.25, 0.3) is 5.91 Å². The molecule has 3 aromatic rings. The average molecular weight is 342 g/mol. The lowest BCUT2D eigenvalue weighted by atomic mass is 10.1.